The SMILES string of the molecule is CCOc1ccsc1C(=O)N1CCOC(COc2ccc(C(C)=O)c(F)c2)C1. The van der Waals surface area contributed by atoms with Crippen LogP contribution in [0.5, 0.6) is 11.5 Å². The summed E-state index contributed by atoms with van der Waals surface area (Å²) >= 11 is 1.35. The van der Waals surface area contributed by atoms with Crippen molar-refractivity contribution >= 4 is 23.0 Å². The second-order valence-electron chi connectivity index (χ2n) is 6.30. The molecule has 0 N–H and O–H groups in total. The maximum absolute atomic E-state index is 13.9. The van der Waals surface area contributed by atoms with Crippen molar-refractivity contribution < 1.29 is 28.2 Å². The van der Waals surface area contributed by atoms with E-state index in [9.17, 15) is 14.0 Å². The van der Waals surface area contributed by atoms with Crippen molar-refractivity contribution in [1.82, 2.24) is 4.90 Å². The fraction of sp³-hybridized carbons (Fsp3) is 0.400. The highest BCUT2D eigenvalue weighted by Crippen LogP contribution is 2.27. The predicted molar refractivity (Wildman–Crippen MR) is 103 cm³/mol. The monoisotopic (exact) mass is 407 g/mol. The first-order valence-corrected chi connectivity index (χ1v) is 9.92. The van der Waals surface area contributed by atoms with Crippen LogP contribution < -0.4 is 9.47 Å². The quantitative estimate of drug-likeness (QED) is 0.658. The highest BCUT2D eigenvalue weighted by molar-refractivity contribution is 7.12. The van der Waals surface area contributed by atoms with Crippen LogP contribution in [0.2, 0.25) is 0 Å². The first kappa shape index (κ1) is 20.3. The van der Waals surface area contributed by atoms with Crippen LogP contribution >= 0.6 is 11.3 Å². The van der Waals surface area contributed by atoms with Crippen LogP contribution in [0.1, 0.15) is 33.9 Å². The topological polar surface area (TPSA) is 65.1 Å². The van der Waals surface area contributed by atoms with E-state index in [2.05, 4.69) is 0 Å². The van der Waals surface area contributed by atoms with Crippen molar-refractivity contribution in [2.24, 2.45) is 0 Å². The maximum atomic E-state index is 13.9. The Kier molecular flexibility index (Phi) is 6.64. The Balaban J connectivity index is 1.59. The van der Waals surface area contributed by atoms with Crippen molar-refractivity contribution in [2.75, 3.05) is 32.9 Å². The number of ketones is 1. The van der Waals surface area contributed by atoms with E-state index in [4.69, 9.17) is 14.2 Å². The smallest absolute Gasteiger partial charge is 0.267 e. The summed E-state index contributed by atoms with van der Waals surface area (Å²) in [6.45, 7) is 5.11. The molecule has 1 fully saturated rings. The molecule has 8 heteroatoms. The largest absolute Gasteiger partial charge is 0.492 e. The fourth-order valence-corrected chi connectivity index (χ4v) is 3.73. The minimum absolute atomic E-state index is 0.0269. The minimum atomic E-state index is -0.618. The van der Waals surface area contributed by atoms with Gasteiger partial charge in [-0.1, -0.05) is 0 Å². The van der Waals surface area contributed by atoms with Crippen molar-refractivity contribution in [2.45, 2.75) is 20.0 Å². The molecule has 6 nitrogen and oxygen atoms in total. The van der Waals surface area contributed by atoms with E-state index < -0.39 is 5.82 Å². The van der Waals surface area contributed by atoms with Gasteiger partial charge in [0.1, 0.15) is 34.9 Å². The molecule has 0 bridgehead atoms. The molecule has 1 aromatic heterocycles. The third-order valence-electron chi connectivity index (χ3n) is 4.30. The van der Waals surface area contributed by atoms with Gasteiger partial charge in [0, 0.05) is 12.6 Å². The molecule has 0 spiro atoms. The molecule has 3 rings (SSSR count). The summed E-state index contributed by atoms with van der Waals surface area (Å²) in [5, 5.41) is 1.83. The van der Waals surface area contributed by atoms with Gasteiger partial charge in [0.2, 0.25) is 0 Å². The number of Topliss-reactive ketones (excluding diaryl/α,β-unsaturated/α-hetero) is 1. The van der Waals surface area contributed by atoms with Gasteiger partial charge >= 0.3 is 0 Å². The molecule has 2 aromatic rings. The highest BCUT2D eigenvalue weighted by Gasteiger charge is 2.28. The Labute approximate surface area is 166 Å². The molecule has 0 saturated carbocycles. The van der Waals surface area contributed by atoms with E-state index in [-0.39, 0.29) is 30.0 Å². The van der Waals surface area contributed by atoms with Crippen molar-refractivity contribution in [3.63, 3.8) is 0 Å². The van der Waals surface area contributed by atoms with Crippen molar-refractivity contribution in [3.05, 3.63) is 45.9 Å². The van der Waals surface area contributed by atoms with E-state index >= 15 is 0 Å². The second kappa shape index (κ2) is 9.16. The Morgan fingerprint density at radius 2 is 2.14 bits per heavy atom. The predicted octanol–water partition coefficient (Wildman–Crippen LogP) is 3.41. The molecule has 0 radical (unpaired) electrons. The number of halogens is 1. The summed E-state index contributed by atoms with van der Waals surface area (Å²) in [6, 6.07) is 5.92. The molecule has 1 saturated heterocycles. The number of carbonyl (C=O) groups is 2. The van der Waals surface area contributed by atoms with E-state index in [1.54, 1.807) is 17.0 Å². The number of ether oxygens (including phenoxy) is 3. The number of hydrogen-bond acceptors (Lipinski definition) is 6. The third-order valence-corrected chi connectivity index (χ3v) is 5.19. The van der Waals surface area contributed by atoms with E-state index in [0.29, 0.717) is 42.7 Å². The number of hydrogen-bond donors (Lipinski definition) is 0. The number of rotatable bonds is 7. The zero-order valence-corrected chi connectivity index (χ0v) is 16.6. The normalized spacial score (nSPS) is 16.7. The van der Waals surface area contributed by atoms with E-state index in [1.807, 2.05) is 12.3 Å². The Morgan fingerprint density at radius 3 is 2.86 bits per heavy atom. The van der Waals surface area contributed by atoms with Gasteiger partial charge in [0.25, 0.3) is 5.91 Å². The van der Waals surface area contributed by atoms with E-state index in [0.717, 1.165) is 0 Å². The van der Waals surface area contributed by atoms with Gasteiger partial charge in [0.05, 0.1) is 25.3 Å². The van der Waals surface area contributed by atoms with Gasteiger partial charge < -0.3 is 19.1 Å². The van der Waals surface area contributed by atoms with Crippen LogP contribution in [0.4, 0.5) is 4.39 Å². The number of benzene rings is 1. The third kappa shape index (κ3) is 4.69. The van der Waals surface area contributed by atoms with Crippen LogP contribution in [-0.4, -0.2) is 55.6 Å². The number of carbonyl (C=O) groups excluding carboxylic acids is 2. The summed E-state index contributed by atoms with van der Waals surface area (Å²) in [4.78, 5) is 26.4. The Morgan fingerprint density at radius 1 is 1.32 bits per heavy atom. The summed E-state index contributed by atoms with van der Waals surface area (Å²) in [5.74, 6) is -0.144. The molecule has 1 amide bonds. The van der Waals surface area contributed by atoms with Gasteiger partial charge in [0.15, 0.2) is 5.78 Å². The minimum Gasteiger partial charge on any atom is -0.492 e. The van der Waals surface area contributed by atoms with Gasteiger partial charge in [-0.05, 0) is 37.4 Å². The molecule has 1 aromatic carbocycles. The summed E-state index contributed by atoms with van der Waals surface area (Å²) in [7, 11) is 0. The average Bonchev–Trinajstić information content (AvgIpc) is 3.14. The summed E-state index contributed by atoms with van der Waals surface area (Å²) in [6.07, 6.45) is -0.330. The second-order valence-corrected chi connectivity index (χ2v) is 7.22. The lowest BCUT2D eigenvalue weighted by Crippen LogP contribution is -2.47. The van der Waals surface area contributed by atoms with Crippen LogP contribution in [-0.2, 0) is 4.74 Å². The standard InChI is InChI=1S/C20H22FNO5S/c1-3-25-18-6-9-28-19(18)20(24)22-7-8-26-15(11-22)12-27-14-4-5-16(13(2)23)17(21)10-14/h4-6,9-10,15H,3,7-8,11-12H2,1-2H3. The highest BCUT2D eigenvalue weighted by atomic mass is 32.1. The molecule has 2 heterocycles. The van der Waals surface area contributed by atoms with Gasteiger partial charge in [-0.3, -0.25) is 9.59 Å². The maximum Gasteiger partial charge on any atom is 0.267 e. The van der Waals surface area contributed by atoms with Crippen LogP contribution in [0.3, 0.4) is 0 Å². The van der Waals surface area contributed by atoms with Gasteiger partial charge in [-0.25, -0.2) is 4.39 Å². The van der Waals surface area contributed by atoms with Crippen LogP contribution in [0, 0.1) is 5.82 Å². The molecular formula is C20H22FNO5S. The number of nitrogens with zero attached hydrogens (tertiary/aromatic N) is 1. The van der Waals surface area contributed by atoms with Crippen LogP contribution in [0.15, 0.2) is 29.6 Å². The number of morpholine rings is 1. The fourth-order valence-electron chi connectivity index (χ4n) is 2.93. The van der Waals surface area contributed by atoms with Crippen LogP contribution in [0.25, 0.3) is 0 Å². The van der Waals surface area contributed by atoms with Crippen molar-refractivity contribution in [3.8, 4) is 11.5 Å². The number of amides is 1. The lowest BCUT2D eigenvalue weighted by atomic mass is 10.1. The lowest BCUT2D eigenvalue weighted by molar-refractivity contribution is -0.0400. The molecular weight excluding hydrogens is 385 g/mol. The zero-order valence-electron chi connectivity index (χ0n) is 15.8. The zero-order chi connectivity index (χ0) is 20.1. The molecule has 28 heavy (non-hydrogen) atoms. The molecule has 1 aliphatic heterocycles. The molecule has 150 valence electrons. The Bertz CT molecular complexity index is 853. The summed E-state index contributed by atoms with van der Waals surface area (Å²) in [5.41, 5.74) is 0.0269. The molecule has 1 atom stereocenters. The average molecular weight is 407 g/mol. The molecule has 1 aliphatic rings. The lowest BCUT2D eigenvalue weighted by Gasteiger charge is -2.32. The van der Waals surface area contributed by atoms with Gasteiger partial charge in [-0.2, -0.15) is 0 Å². The Hall–Kier alpha value is -2.45. The number of thiophene rings is 1. The van der Waals surface area contributed by atoms with E-state index in [1.165, 1.54) is 30.4 Å². The molecule has 0 aliphatic carbocycles. The first-order valence-electron chi connectivity index (χ1n) is 9.04. The van der Waals surface area contributed by atoms with Gasteiger partial charge in [-0.15, -0.1) is 11.3 Å². The summed E-state index contributed by atoms with van der Waals surface area (Å²) < 4.78 is 30.7. The van der Waals surface area contributed by atoms with Crippen molar-refractivity contribution in [1.29, 1.82) is 0 Å². The first-order chi connectivity index (χ1) is 13.5. The molecule has 1 unspecified atom stereocenters.